The maximum absolute atomic E-state index is 12.1. The zero-order chi connectivity index (χ0) is 10.8. The summed E-state index contributed by atoms with van der Waals surface area (Å²) in [5, 5.41) is 3.06. The first kappa shape index (κ1) is 10.7. The highest BCUT2D eigenvalue weighted by atomic mass is 19.4. The van der Waals surface area contributed by atoms with Crippen molar-refractivity contribution in [2.45, 2.75) is 12.7 Å². The number of halogens is 4. The molecule has 78 valence electrons. The number of hydrogen-bond donors (Lipinski definition) is 0. The number of aromatic nitrogens is 2. The summed E-state index contributed by atoms with van der Waals surface area (Å²) in [6.45, 7) is -1.23. The maximum Gasteiger partial charge on any atom is 0.435 e. The molecule has 0 saturated heterocycles. The van der Waals surface area contributed by atoms with Crippen LogP contribution in [-0.4, -0.2) is 22.7 Å². The summed E-state index contributed by atoms with van der Waals surface area (Å²) >= 11 is 0. The zero-order valence-electron chi connectivity index (χ0n) is 6.88. The second-order valence-corrected chi connectivity index (χ2v) is 2.48. The van der Waals surface area contributed by atoms with Gasteiger partial charge in [0.05, 0.1) is 6.54 Å². The van der Waals surface area contributed by atoms with E-state index >= 15 is 0 Å². The van der Waals surface area contributed by atoms with Crippen molar-refractivity contribution in [1.29, 1.82) is 0 Å². The molecule has 1 heterocycles. The summed E-state index contributed by atoms with van der Waals surface area (Å²) in [7, 11) is 0. The molecule has 7 heteroatoms. The quantitative estimate of drug-likeness (QED) is 0.562. The first-order chi connectivity index (χ1) is 6.49. The van der Waals surface area contributed by atoms with Gasteiger partial charge in [-0.25, -0.2) is 4.39 Å². The Hall–Kier alpha value is -1.40. The number of carbonyl (C=O) groups is 1. The Labute approximate surface area is 76.3 Å². The molecule has 0 unspecified atom stereocenters. The molecule has 14 heavy (non-hydrogen) atoms. The van der Waals surface area contributed by atoms with Crippen molar-refractivity contribution < 1.29 is 22.4 Å². The van der Waals surface area contributed by atoms with Gasteiger partial charge in [-0.05, 0) is 6.07 Å². The molecule has 3 nitrogen and oxygen atoms in total. The van der Waals surface area contributed by atoms with Crippen LogP contribution in [0.25, 0.3) is 0 Å². The van der Waals surface area contributed by atoms with E-state index in [9.17, 15) is 22.4 Å². The summed E-state index contributed by atoms with van der Waals surface area (Å²) in [6, 6.07) is 0.586. The zero-order valence-corrected chi connectivity index (χ0v) is 6.88. The number of aryl methyl sites for hydroxylation is 1. The van der Waals surface area contributed by atoms with Crippen LogP contribution in [0, 0.1) is 0 Å². The first-order valence-corrected chi connectivity index (χ1v) is 3.65. The molecule has 0 radical (unpaired) electrons. The van der Waals surface area contributed by atoms with Crippen LogP contribution in [0.4, 0.5) is 17.6 Å². The van der Waals surface area contributed by atoms with Crippen LogP contribution < -0.4 is 0 Å². The summed E-state index contributed by atoms with van der Waals surface area (Å²) in [5.41, 5.74) is -1.47. The Bertz CT molecular complexity index is 331. The Morgan fingerprint density at radius 1 is 1.50 bits per heavy atom. The number of alkyl halides is 4. The molecule has 0 aliphatic carbocycles. The number of hydrogen-bond acceptors (Lipinski definition) is 2. The van der Waals surface area contributed by atoms with E-state index in [-0.39, 0.29) is 18.5 Å². The van der Waals surface area contributed by atoms with Crippen LogP contribution >= 0.6 is 0 Å². The van der Waals surface area contributed by atoms with Gasteiger partial charge in [0.1, 0.15) is 12.4 Å². The van der Waals surface area contributed by atoms with Gasteiger partial charge >= 0.3 is 6.18 Å². The monoisotopic (exact) mass is 210 g/mol. The molecule has 0 atom stereocenters. The largest absolute Gasteiger partial charge is 0.435 e. The lowest BCUT2D eigenvalue weighted by Crippen LogP contribution is -2.09. The average Bonchev–Trinajstić information content (AvgIpc) is 2.47. The van der Waals surface area contributed by atoms with E-state index in [1.807, 2.05) is 0 Å². The van der Waals surface area contributed by atoms with Crippen molar-refractivity contribution in [3.63, 3.8) is 0 Å². The minimum atomic E-state index is -4.61. The molecule has 0 aromatic carbocycles. The second-order valence-electron chi connectivity index (χ2n) is 2.48. The van der Waals surface area contributed by atoms with Crippen LogP contribution in [0.5, 0.6) is 0 Å². The molecule has 0 bridgehead atoms. The van der Waals surface area contributed by atoms with Crippen LogP contribution in [0.2, 0.25) is 0 Å². The molecule has 1 aromatic rings. The van der Waals surface area contributed by atoms with E-state index in [1.54, 1.807) is 0 Å². The van der Waals surface area contributed by atoms with Gasteiger partial charge in [-0.3, -0.25) is 9.48 Å². The van der Waals surface area contributed by atoms with Crippen LogP contribution in [0.15, 0.2) is 6.07 Å². The summed E-state index contributed by atoms with van der Waals surface area (Å²) < 4.78 is 48.8. The Balaban J connectivity index is 3.06. The molecular weight excluding hydrogens is 204 g/mol. The Morgan fingerprint density at radius 3 is 2.57 bits per heavy atom. The van der Waals surface area contributed by atoms with E-state index in [4.69, 9.17) is 0 Å². The van der Waals surface area contributed by atoms with Crippen molar-refractivity contribution in [3.05, 3.63) is 17.5 Å². The van der Waals surface area contributed by atoms with E-state index < -0.39 is 18.5 Å². The van der Waals surface area contributed by atoms with E-state index in [0.29, 0.717) is 10.7 Å². The predicted molar refractivity (Wildman–Crippen MR) is 38.6 cm³/mol. The lowest BCUT2D eigenvalue weighted by atomic mass is 10.3. The third-order valence-corrected chi connectivity index (χ3v) is 1.52. The highest BCUT2D eigenvalue weighted by molar-refractivity contribution is 5.72. The number of nitrogens with zero attached hydrogens (tertiary/aromatic N) is 2. The van der Waals surface area contributed by atoms with Gasteiger partial charge in [0.15, 0.2) is 12.0 Å². The molecule has 0 aliphatic rings. The van der Waals surface area contributed by atoms with Crippen LogP contribution in [0.1, 0.15) is 16.2 Å². The normalized spacial score (nSPS) is 11.7. The second kappa shape index (κ2) is 3.77. The minimum Gasteiger partial charge on any atom is -0.296 e. The van der Waals surface area contributed by atoms with Gasteiger partial charge < -0.3 is 0 Å². The van der Waals surface area contributed by atoms with Gasteiger partial charge in [0.2, 0.25) is 0 Å². The summed E-state index contributed by atoms with van der Waals surface area (Å²) in [5.74, 6) is 0. The Morgan fingerprint density at radius 2 is 2.14 bits per heavy atom. The van der Waals surface area contributed by atoms with Gasteiger partial charge in [0.25, 0.3) is 0 Å². The summed E-state index contributed by atoms with van der Waals surface area (Å²) in [6.07, 6.45) is -4.41. The van der Waals surface area contributed by atoms with Crippen molar-refractivity contribution >= 4 is 6.29 Å². The predicted octanol–water partition coefficient (Wildman–Crippen LogP) is 1.68. The van der Waals surface area contributed by atoms with Gasteiger partial charge in [-0.1, -0.05) is 0 Å². The molecule has 1 aromatic heterocycles. The average molecular weight is 210 g/mol. The third-order valence-electron chi connectivity index (χ3n) is 1.52. The molecule has 1 rings (SSSR count). The van der Waals surface area contributed by atoms with Crippen molar-refractivity contribution in [2.24, 2.45) is 0 Å². The fraction of sp³-hybridized carbons (Fsp3) is 0.429. The number of carbonyl (C=O) groups excluding carboxylic acids is 1. The standard InChI is InChI=1S/C7H6F4N2O/c8-1-2-13-5(4-14)3-6(12-13)7(9,10)11/h3-4H,1-2H2. The summed E-state index contributed by atoms with van der Waals surface area (Å²) in [4.78, 5) is 10.3. The highest BCUT2D eigenvalue weighted by Crippen LogP contribution is 2.28. The molecular formula is C7H6F4N2O. The highest BCUT2D eigenvalue weighted by Gasteiger charge is 2.34. The first-order valence-electron chi connectivity index (χ1n) is 3.65. The van der Waals surface area contributed by atoms with Crippen LogP contribution in [0.3, 0.4) is 0 Å². The van der Waals surface area contributed by atoms with E-state index in [2.05, 4.69) is 5.10 Å². The minimum absolute atomic E-state index is 0.206. The SMILES string of the molecule is O=Cc1cc(C(F)(F)F)nn1CCF. The molecule has 0 spiro atoms. The lowest BCUT2D eigenvalue weighted by molar-refractivity contribution is -0.141. The molecule has 0 fully saturated rings. The number of aldehydes is 1. The smallest absolute Gasteiger partial charge is 0.296 e. The van der Waals surface area contributed by atoms with Crippen molar-refractivity contribution in [2.75, 3.05) is 6.67 Å². The maximum atomic E-state index is 12.1. The lowest BCUT2D eigenvalue weighted by Gasteiger charge is -2.00. The van der Waals surface area contributed by atoms with Gasteiger partial charge in [-0.15, -0.1) is 0 Å². The van der Waals surface area contributed by atoms with Crippen molar-refractivity contribution in [3.8, 4) is 0 Å². The Kier molecular flexibility index (Phi) is 2.87. The molecule has 0 N–H and O–H groups in total. The van der Waals surface area contributed by atoms with E-state index in [0.717, 1.165) is 0 Å². The number of rotatable bonds is 3. The topological polar surface area (TPSA) is 34.9 Å². The van der Waals surface area contributed by atoms with Crippen molar-refractivity contribution in [1.82, 2.24) is 9.78 Å². The van der Waals surface area contributed by atoms with Gasteiger partial charge in [0, 0.05) is 0 Å². The fourth-order valence-electron chi connectivity index (χ4n) is 0.924. The fourth-order valence-corrected chi connectivity index (χ4v) is 0.924. The van der Waals surface area contributed by atoms with Crippen LogP contribution in [-0.2, 0) is 12.7 Å². The molecule has 0 saturated carbocycles. The third kappa shape index (κ3) is 2.09. The molecule has 0 aliphatic heterocycles. The molecule has 0 amide bonds. The van der Waals surface area contributed by atoms with Gasteiger partial charge in [-0.2, -0.15) is 18.3 Å². The van der Waals surface area contributed by atoms with E-state index in [1.165, 1.54) is 0 Å².